The van der Waals surface area contributed by atoms with E-state index in [0.29, 0.717) is 4.90 Å². The normalized spacial score (nSPS) is 16.2. The Labute approximate surface area is 89.1 Å². The van der Waals surface area contributed by atoms with Gasteiger partial charge >= 0.3 is 11.9 Å². The van der Waals surface area contributed by atoms with Crippen LogP contribution >= 0.6 is 0 Å². The Morgan fingerprint density at radius 2 is 1.94 bits per heavy atom. The van der Waals surface area contributed by atoms with Crippen LogP contribution in [0.4, 0.5) is 10.1 Å². The zero-order chi connectivity index (χ0) is 11.9. The summed E-state index contributed by atoms with van der Waals surface area (Å²) in [4.78, 5) is 33.6. The van der Waals surface area contributed by atoms with Crippen LogP contribution in [-0.2, 0) is 9.59 Å². The van der Waals surface area contributed by atoms with E-state index in [-0.39, 0.29) is 11.3 Å². The van der Waals surface area contributed by atoms with Gasteiger partial charge in [0.15, 0.2) is 0 Å². The number of ketones is 1. The zero-order valence-corrected chi connectivity index (χ0v) is 7.88. The fourth-order valence-corrected chi connectivity index (χ4v) is 1.55. The maximum absolute atomic E-state index is 13.3. The molecule has 0 fully saturated rings. The summed E-state index contributed by atoms with van der Waals surface area (Å²) >= 11 is 0. The standard InChI is InChI=1S/C10H6FNO4/c11-8(10(15)16)12-6-4-2-1-3-5(6)7(13)9(12)14/h1-4,8H,(H,15,16). The van der Waals surface area contributed by atoms with Crippen LogP contribution in [0.2, 0.25) is 0 Å². The maximum atomic E-state index is 13.3. The van der Waals surface area contributed by atoms with E-state index >= 15 is 0 Å². The van der Waals surface area contributed by atoms with Crippen molar-refractivity contribution in [2.45, 2.75) is 6.30 Å². The molecule has 0 radical (unpaired) electrons. The number of carboxylic acid groups (broad SMARTS) is 1. The van der Waals surface area contributed by atoms with Crippen LogP contribution in [0.5, 0.6) is 0 Å². The van der Waals surface area contributed by atoms with Crippen molar-refractivity contribution in [1.82, 2.24) is 0 Å². The highest BCUT2D eigenvalue weighted by atomic mass is 19.1. The predicted octanol–water partition coefficient (Wildman–Crippen LogP) is 0.596. The molecule has 0 bridgehead atoms. The number of aliphatic carboxylic acids is 1. The van der Waals surface area contributed by atoms with Gasteiger partial charge in [-0.2, -0.15) is 0 Å². The molecule has 2 rings (SSSR count). The molecule has 6 heteroatoms. The molecule has 16 heavy (non-hydrogen) atoms. The van der Waals surface area contributed by atoms with Crippen molar-refractivity contribution >= 4 is 23.3 Å². The number of anilines is 1. The number of nitrogens with zero attached hydrogens (tertiary/aromatic N) is 1. The highest BCUT2D eigenvalue weighted by Gasteiger charge is 2.42. The van der Waals surface area contributed by atoms with Crippen LogP contribution in [0.15, 0.2) is 24.3 Å². The lowest BCUT2D eigenvalue weighted by atomic mass is 10.1. The summed E-state index contributed by atoms with van der Waals surface area (Å²) in [5.74, 6) is -3.85. The first-order chi connectivity index (χ1) is 7.54. The number of Topliss-reactive ketones (excluding diaryl/α,β-unsaturated/α-hetero) is 1. The number of hydrogen-bond acceptors (Lipinski definition) is 3. The second-order valence-corrected chi connectivity index (χ2v) is 3.20. The van der Waals surface area contributed by atoms with Gasteiger partial charge in [-0.1, -0.05) is 12.1 Å². The van der Waals surface area contributed by atoms with E-state index < -0.39 is 24.0 Å². The quantitative estimate of drug-likeness (QED) is 0.588. The molecule has 1 unspecified atom stereocenters. The van der Waals surface area contributed by atoms with Gasteiger partial charge in [0.25, 0.3) is 12.1 Å². The highest BCUT2D eigenvalue weighted by molar-refractivity contribution is 6.52. The minimum absolute atomic E-state index is 0.00704. The topological polar surface area (TPSA) is 74.7 Å². The van der Waals surface area contributed by atoms with Gasteiger partial charge in [0, 0.05) is 0 Å². The Bertz CT molecular complexity index is 499. The number of hydrogen-bond donors (Lipinski definition) is 1. The molecule has 1 aromatic carbocycles. The zero-order valence-electron chi connectivity index (χ0n) is 7.88. The number of para-hydroxylation sites is 1. The van der Waals surface area contributed by atoms with Crippen molar-refractivity contribution < 1.29 is 23.9 Å². The van der Waals surface area contributed by atoms with Crippen LogP contribution in [0.3, 0.4) is 0 Å². The fraction of sp³-hybridized carbons (Fsp3) is 0.100. The molecule has 1 N–H and O–H groups in total. The molecule has 82 valence electrons. The van der Waals surface area contributed by atoms with Crippen LogP contribution in [0.25, 0.3) is 0 Å². The first kappa shape index (κ1) is 10.3. The molecule has 0 aromatic heterocycles. The maximum Gasteiger partial charge on any atom is 0.360 e. The van der Waals surface area contributed by atoms with Crippen molar-refractivity contribution in [1.29, 1.82) is 0 Å². The summed E-state index contributed by atoms with van der Waals surface area (Å²) in [6, 6.07) is 5.69. The van der Waals surface area contributed by atoms with E-state index in [1.54, 1.807) is 0 Å². The van der Waals surface area contributed by atoms with Gasteiger partial charge in [0.2, 0.25) is 0 Å². The van der Waals surface area contributed by atoms with Crippen LogP contribution in [0.1, 0.15) is 10.4 Å². The summed E-state index contributed by atoms with van der Waals surface area (Å²) in [7, 11) is 0. The number of carboxylic acids is 1. The van der Waals surface area contributed by atoms with E-state index in [0.717, 1.165) is 0 Å². The summed E-state index contributed by atoms with van der Waals surface area (Å²) in [5.41, 5.74) is 0.0174. The van der Waals surface area contributed by atoms with Crippen molar-refractivity contribution in [3.05, 3.63) is 29.8 Å². The Balaban J connectivity index is 2.53. The third-order valence-corrected chi connectivity index (χ3v) is 2.25. The van der Waals surface area contributed by atoms with Crippen molar-refractivity contribution in [2.24, 2.45) is 0 Å². The summed E-state index contributed by atoms with van der Waals surface area (Å²) in [5, 5.41) is 8.49. The summed E-state index contributed by atoms with van der Waals surface area (Å²) < 4.78 is 13.3. The SMILES string of the molecule is O=C1C(=O)N(C(F)C(=O)O)c2ccccc21. The molecular formula is C10H6FNO4. The molecule has 1 amide bonds. The molecule has 5 nitrogen and oxygen atoms in total. The number of amides is 1. The van der Waals surface area contributed by atoms with Crippen LogP contribution < -0.4 is 4.90 Å². The Kier molecular flexibility index (Phi) is 2.19. The van der Waals surface area contributed by atoms with Gasteiger partial charge in [0.1, 0.15) is 0 Å². The van der Waals surface area contributed by atoms with E-state index in [1.807, 2.05) is 0 Å². The molecule has 0 aliphatic carbocycles. The summed E-state index contributed by atoms with van der Waals surface area (Å²) in [6.45, 7) is 0. The molecule has 1 heterocycles. The van der Waals surface area contributed by atoms with Crippen molar-refractivity contribution in [3.63, 3.8) is 0 Å². The number of carbonyl (C=O) groups is 3. The number of halogens is 1. The number of benzene rings is 1. The molecular weight excluding hydrogens is 217 g/mol. The molecule has 0 spiro atoms. The second-order valence-electron chi connectivity index (χ2n) is 3.20. The highest BCUT2D eigenvalue weighted by Crippen LogP contribution is 2.30. The average molecular weight is 223 g/mol. The van der Waals surface area contributed by atoms with Gasteiger partial charge in [-0.25, -0.2) is 9.18 Å². The largest absolute Gasteiger partial charge is 0.478 e. The third kappa shape index (κ3) is 1.27. The molecule has 0 saturated heterocycles. The summed E-state index contributed by atoms with van der Waals surface area (Å²) in [6.07, 6.45) is -2.54. The van der Waals surface area contributed by atoms with Gasteiger partial charge < -0.3 is 5.11 Å². The Hall–Kier alpha value is -2.24. The first-order valence-electron chi connectivity index (χ1n) is 4.38. The van der Waals surface area contributed by atoms with E-state index in [4.69, 9.17) is 5.11 Å². The van der Waals surface area contributed by atoms with Crippen LogP contribution in [0, 0.1) is 0 Å². The monoisotopic (exact) mass is 223 g/mol. The van der Waals surface area contributed by atoms with Crippen molar-refractivity contribution in [3.8, 4) is 0 Å². The smallest absolute Gasteiger partial charge is 0.360 e. The Morgan fingerprint density at radius 1 is 1.31 bits per heavy atom. The molecule has 1 aliphatic heterocycles. The number of rotatable bonds is 2. The van der Waals surface area contributed by atoms with Crippen molar-refractivity contribution in [2.75, 3.05) is 4.90 Å². The number of alkyl halides is 1. The molecule has 1 aromatic rings. The van der Waals surface area contributed by atoms with E-state index in [9.17, 15) is 18.8 Å². The second kappa shape index (κ2) is 3.41. The minimum atomic E-state index is -2.54. The van der Waals surface area contributed by atoms with Gasteiger partial charge in [-0.05, 0) is 12.1 Å². The van der Waals surface area contributed by atoms with Gasteiger partial charge in [-0.15, -0.1) is 0 Å². The van der Waals surface area contributed by atoms with E-state index in [1.165, 1.54) is 24.3 Å². The molecule has 1 aliphatic rings. The predicted molar refractivity (Wildman–Crippen MR) is 50.8 cm³/mol. The lowest BCUT2D eigenvalue weighted by Crippen LogP contribution is -2.41. The minimum Gasteiger partial charge on any atom is -0.478 e. The van der Waals surface area contributed by atoms with E-state index in [2.05, 4.69) is 0 Å². The van der Waals surface area contributed by atoms with Gasteiger partial charge in [0.05, 0.1) is 11.3 Å². The molecule has 0 saturated carbocycles. The fourth-order valence-electron chi connectivity index (χ4n) is 1.55. The lowest BCUT2D eigenvalue weighted by Gasteiger charge is -2.17. The average Bonchev–Trinajstić information content (AvgIpc) is 2.52. The molecule has 1 atom stereocenters. The number of carbonyl (C=O) groups excluding carboxylic acids is 2. The lowest BCUT2D eigenvalue weighted by molar-refractivity contribution is -0.144. The van der Waals surface area contributed by atoms with Gasteiger partial charge in [-0.3, -0.25) is 14.5 Å². The van der Waals surface area contributed by atoms with Crippen LogP contribution in [-0.4, -0.2) is 29.1 Å². The Morgan fingerprint density at radius 3 is 2.56 bits per heavy atom. The number of fused-ring (bicyclic) bond motifs is 1. The third-order valence-electron chi connectivity index (χ3n) is 2.25. The first-order valence-corrected chi connectivity index (χ1v) is 4.38.